The van der Waals surface area contributed by atoms with Crippen LogP contribution in [0.1, 0.15) is 37.7 Å². The molecule has 1 unspecified atom stereocenters. The van der Waals surface area contributed by atoms with E-state index in [1.807, 2.05) is 6.92 Å². The van der Waals surface area contributed by atoms with Crippen molar-refractivity contribution in [2.24, 2.45) is 0 Å². The van der Waals surface area contributed by atoms with Gasteiger partial charge in [0.25, 0.3) is 0 Å². The molecule has 0 bridgehead atoms. The lowest BCUT2D eigenvalue weighted by Gasteiger charge is -2.22. The zero-order valence-corrected chi connectivity index (χ0v) is 13.5. The second-order valence-corrected chi connectivity index (χ2v) is 5.04. The molecule has 0 amide bonds. The van der Waals surface area contributed by atoms with Gasteiger partial charge < -0.3 is 19.3 Å². The van der Waals surface area contributed by atoms with Crippen molar-refractivity contribution in [2.45, 2.75) is 32.1 Å². The van der Waals surface area contributed by atoms with E-state index in [1.54, 1.807) is 6.07 Å². The Hall–Kier alpha value is -1.62. The molecule has 1 N–H and O–H groups in total. The number of carbonyl (C=O) groups is 1. The third-order valence-electron chi connectivity index (χ3n) is 3.28. The van der Waals surface area contributed by atoms with Gasteiger partial charge in [-0.05, 0) is 18.4 Å². The van der Waals surface area contributed by atoms with E-state index in [2.05, 4.69) is 0 Å². The molecule has 5 nitrogen and oxygen atoms in total. The van der Waals surface area contributed by atoms with Crippen molar-refractivity contribution in [1.82, 2.24) is 0 Å². The maximum absolute atomic E-state index is 11.1. The van der Waals surface area contributed by atoms with Crippen LogP contribution in [0.5, 0.6) is 17.2 Å². The highest BCUT2D eigenvalue weighted by Crippen LogP contribution is 2.48. The lowest BCUT2D eigenvalue weighted by Crippen LogP contribution is -2.09. The first kappa shape index (κ1) is 17.4. The number of rotatable bonds is 8. The van der Waals surface area contributed by atoms with Crippen molar-refractivity contribution in [3.8, 4) is 17.2 Å². The molecule has 21 heavy (non-hydrogen) atoms. The van der Waals surface area contributed by atoms with Gasteiger partial charge in [0.05, 0.1) is 32.8 Å². The Morgan fingerprint density at radius 1 is 1.19 bits per heavy atom. The molecule has 0 saturated carbocycles. The molecule has 0 aromatic heterocycles. The van der Waals surface area contributed by atoms with E-state index in [1.165, 1.54) is 21.3 Å². The van der Waals surface area contributed by atoms with E-state index in [0.717, 1.165) is 12.0 Å². The number of halogens is 1. The van der Waals surface area contributed by atoms with Crippen LogP contribution in [0.3, 0.4) is 0 Å². The fraction of sp³-hybridized carbons (Fsp3) is 0.533. The maximum Gasteiger partial charge on any atom is 0.303 e. The predicted molar refractivity (Wildman–Crippen MR) is 81.0 cm³/mol. The molecule has 118 valence electrons. The van der Waals surface area contributed by atoms with Crippen molar-refractivity contribution in [3.63, 3.8) is 0 Å². The number of methoxy groups -OCH3 is 3. The Kier molecular flexibility index (Phi) is 6.62. The summed E-state index contributed by atoms with van der Waals surface area (Å²) in [5.74, 6) is 0.180. The number of benzene rings is 1. The highest BCUT2D eigenvalue weighted by Gasteiger charge is 2.26. The molecule has 1 rings (SSSR count). The largest absolute Gasteiger partial charge is 0.492 e. The molecular formula is C15H21ClO5. The normalized spacial score (nSPS) is 11.9. The minimum Gasteiger partial charge on any atom is -0.492 e. The van der Waals surface area contributed by atoms with Gasteiger partial charge in [0, 0.05) is 5.56 Å². The molecule has 0 fully saturated rings. The topological polar surface area (TPSA) is 65.0 Å². The van der Waals surface area contributed by atoms with Gasteiger partial charge in [-0.1, -0.05) is 24.9 Å². The van der Waals surface area contributed by atoms with Crippen molar-refractivity contribution in [1.29, 1.82) is 0 Å². The van der Waals surface area contributed by atoms with Crippen LogP contribution in [0.2, 0.25) is 5.02 Å². The summed E-state index contributed by atoms with van der Waals surface area (Å²) < 4.78 is 16.0. The average Bonchev–Trinajstić information content (AvgIpc) is 2.44. The van der Waals surface area contributed by atoms with Gasteiger partial charge in [-0.15, -0.1) is 0 Å². The van der Waals surface area contributed by atoms with E-state index in [9.17, 15) is 4.79 Å². The van der Waals surface area contributed by atoms with Gasteiger partial charge >= 0.3 is 5.97 Å². The number of aliphatic carboxylic acids is 1. The Morgan fingerprint density at radius 2 is 1.76 bits per heavy atom. The molecule has 0 saturated heterocycles. The van der Waals surface area contributed by atoms with Crippen LogP contribution in [-0.2, 0) is 4.79 Å². The van der Waals surface area contributed by atoms with Gasteiger partial charge in [-0.2, -0.15) is 0 Å². The fourth-order valence-electron chi connectivity index (χ4n) is 2.43. The standard InChI is InChI=1S/C15H21ClO5/c1-5-6-9(7-12(17)18)10-8-11(16)14(20-3)15(21-4)13(10)19-2/h8-9H,5-7H2,1-4H3,(H,17,18). The SMILES string of the molecule is CCCC(CC(=O)O)c1cc(Cl)c(OC)c(OC)c1OC. The van der Waals surface area contributed by atoms with Crippen molar-refractivity contribution < 1.29 is 24.1 Å². The van der Waals surface area contributed by atoms with E-state index in [-0.39, 0.29) is 12.3 Å². The number of carboxylic acid groups (broad SMARTS) is 1. The third-order valence-corrected chi connectivity index (χ3v) is 3.56. The second kappa shape index (κ2) is 7.98. The summed E-state index contributed by atoms with van der Waals surface area (Å²) >= 11 is 6.22. The van der Waals surface area contributed by atoms with E-state index >= 15 is 0 Å². The summed E-state index contributed by atoms with van der Waals surface area (Å²) in [6.07, 6.45) is 1.58. The number of hydrogen-bond acceptors (Lipinski definition) is 4. The van der Waals surface area contributed by atoms with Gasteiger partial charge in [-0.3, -0.25) is 4.79 Å². The summed E-state index contributed by atoms with van der Waals surface area (Å²) in [6.45, 7) is 2.00. The first-order valence-corrected chi connectivity index (χ1v) is 7.07. The highest BCUT2D eigenvalue weighted by molar-refractivity contribution is 6.32. The zero-order chi connectivity index (χ0) is 16.0. The van der Waals surface area contributed by atoms with Crippen molar-refractivity contribution >= 4 is 17.6 Å². The monoisotopic (exact) mass is 316 g/mol. The number of ether oxygens (including phenoxy) is 3. The summed E-state index contributed by atoms with van der Waals surface area (Å²) in [6, 6.07) is 1.70. The van der Waals surface area contributed by atoms with E-state index in [0.29, 0.717) is 28.7 Å². The van der Waals surface area contributed by atoms with Gasteiger partial charge in [0.1, 0.15) is 0 Å². The molecule has 0 heterocycles. The minimum absolute atomic E-state index is 0.00993. The van der Waals surface area contributed by atoms with Crippen LogP contribution in [-0.4, -0.2) is 32.4 Å². The van der Waals surface area contributed by atoms with Crippen LogP contribution in [0, 0.1) is 0 Å². The summed E-state index contributed by atoms with van der Waals surface area (Å²) in [7, 11) is 4.49. The van der Waals surface area contributed by atoms with Crippen LogP contribution >= 0.6 is 11.6 Å². The lowest BCUT2D eigenvalue weighted by atomic mass is 9.90. The Labute approximate surface area is 129 Å². The van der Waals surface area contributed by atoms with E-state index < -0.39 is 5.97 Å². The van der Waals surface area contributed by atoms with Crippen LogP contribution in [0.4, 0.5) is 0 Å². The minimum atomic E-state index is -0.860. The van der Waals surface area contributed by atoms with Crippen molar-refractivity contribution in [2.75, 3.05) is 21.3 Å². The van der Waals surface area contributed by atoms with Gasteiger partial charge in [-0.25, -0.2) is 0 Å². The van der Waals surface area contributed by atoms with Crippen LogP contribution in [0.15, 0.2) is 6.07 Å². The summed E-state index contributed by atoms with van der Waals surface area (Å²) in [4.78, 5) is 11.1. The number of hydrogen-bond donors (Lipinski definition) is 1. The molecule has 1 atom stereocenters. The average molecular weight is 317 g/mol. The molecule has 0 radical (unpaired) electrons. The van der Waals surface area contributed by atoms with Gasteiger partial charge in [0.15, 0.2) is 11.5 Å². The Morgan fingerprint density at radius 3 is 2.19 bits per heavy atom. The molecule has 1 aromatic rings. The third kappa shape index (κ3) is 3.94. The summed E-state index contributed by atoms with van der Waals surface area (Å²) in [5, 5.41) is 9.47. The van der Waals surface area contributed by atoms with Gasteiger partial charge in [0.2, 0.25) is 5.75 Å². The molecule has 0 aliphatic heterocycles. The smallest absolute Gasteiger partial charge is 0.303 e. The molecule has 6 heteroatoms. The first-order chi connectivity index (χ1) is 9.99. The van der Waals surface area contributed by atoms with Crippen molar-refractivity contribution in [3.05, 3.63) is 16.7 Å². The first-order valence-electron chi connectivity index (χ1n) is 6.70. The Bertz CT molecular complexity index is 501. The molecule has 0 spiro atoms. The predicted octanol–water partition coefficient (Wildman–Crippen LogP) is 3.72. The highest BCUT2D eigenvalue weighted by atomic mass is 35.5. The molecule has 1 aromatic carbocycles. The Balaban J connectivity index is 3.44. The van der Waals surface area contributed by atoms with Crippen LogP contribution < -0.4 is 14.2 Å². The molecule has 0 aliphatic rings. The van der Waals surface area contributed by atoms with Crippen LogP contribution in [0.25, 0.3) is 0 Å². The summed E-state index contributed by atoms with van der Waals surface area (Å²) in [5.41, 5.74) is 0.726. The van der Waals surface area contributed by atoms with E-state index in [4.69, 9.17) is 30.9 Å². The maximum atomic E-state index is 11.1. The lowest BCUT2D eigenvalue weighted by molar-refractivity contribution is -0.137. The zero-order valence-electron chi connectivity index (χ0n) is 12.7. The second-order valence-electron chi connectivity index (χ2n) is 4.63. The molecule has 0 aliphatic carbocycles. The molecular weight excluding hydrogens is 296 g/mol. The number of carboxylic acids is 1. The quantitative estimate of drug-likeness (QED) is 0.791. The fourth-order valence-corrected chi connectivity index (χ4v) is 2.71.